The first-order chi connectivity index (χ1) is 16.7. The minimum atomic E-state index is -0.245. The number of fused-ring (bicyclic) bond motifs is 1. The second-order valence-corrected chi connectivity index (χ2v) is 11.0. The van der Waals surface area contributed by atoms with E-state index in [4.69, 9.17) is 4.74 Å². The number of phenols is 1. The van der Waals surface area contributed by atoms with Gasteiger partial charge in [-0.25, -0.2) is 0 Å². The highest BCUT2D eigenvalue weighted by molar-refractivity contribution is 5.82. The Morgan fingerprint density at radius 1 is 1.26 bits per heavy atom. The lowest BCUT2D eigenvalue weighted by molar-refractivity contribution is -0.124. The van der Waals surface area contributed by atoms with Crippen molar-refractivity contribution < 1.29 is 14.6 Å². The Bertz CT molecular complexity index is 1040. The number of hydrogen-bond acceptors (Lipinski definition) is 5. The molecule has 6 nitrogen and oxygen atoms in total. The Balaban J connectivity index is 1.37. The minimum absolute atomic E-state index is 0.0636. The van der Waals surface area contributed by atoms with Crippen molar-refractivity contribution in [2.45, 2.75) is 64.6 Å². The van der Waals surface area contributed by atoms with Crippen molar-refractivity contribution in [3.63, 3.8) is 0 Å². The molecule has 1 saturated heterocycles. The fourth-order valence-corrected chi connectivity index (χ4v) is 5.56. The van der Waals surface area contributed by atoms with Crippen molar-refractivity contribution in [1.82, 2.24) is 15.5 Å². The first kappa shape index (κ1) is 25.5. The number of methoxy groups -OCH3 is 1. The van der Waals surface area contributed by atoms with E-state index in [1.54, 1.807) is 19.2 Å². The highest BCUT2D eigenvalue weighted by Gasteiger charge is 2.39. The summed E-state index contributed by atoms with van der Waals surface area (Å²) in [5.74, 6) is 2.07. The molecule has 3 N–H and O–H groups in total. The number of rotatable bonds is 7. The predicted octanol–water partition coefficient (Wildman–Crippen LogP) is 3.86. The van der Waals surface area contributed by atoms with E-state index in [2.05, 4.69) is 61.4 Å². The molecule has 1 amide bonds. The number of amides is 1. The Hall–Kier alpha value is -2.57. The van der Waals surface area contributed by atoms with E-state index in [1.165, 1.54) is 5.56 Å². The number of ether oxygens (including phenoxy) is 1. The smallest absolute Gasteiger partial charge is 0.237 e. The molecule has 6 heteroatoms. The molecule has 0 radical (unpaired) electrons. The van der Waals surface area contributed by atoms with Crippen LogP contribution < -0.4 is 15.4 Å². The first-order valence-corrected chi connectivity index (χ1v) is 12.9. The average molecular weight is 480 g/mol. The highest BCUT2D eigenvalue weighted by atomic mass is 16.5. The summed E-state index contributed by atoms with van der Waals surface area (Å²) in [7, 11) is 1.72. The van der Waals surface area contributed by atoms with Gasteiger partial charge in [0, 0.05) is 25.7 Å². The van der Waals surface area contributed by atoms with Crippen LogP contribution in [0.15, 0.2) is 42.5 Å². The molecule has 0 saturated carbocycles. The summed E-state index contributed by atoms with van der Waals surface area (Å²) >= 11 is 0. The van der Waals surface area contributed by atoms with Crippen molar-refractivity contribution >= 4 is 5.91 Å². The zero-order valence-corrected chi connectivity index (χ0v) is 21.8. The van der Waals surface area contributed by atoms with Gasteiger partial charge in [-0.3, -0.25) is 4.79 Å². The van der Waals surface area contributed by atoms with Gasteiger partial charge in [0.25, 0.3) is 0 Å². The fraction of sp³-hybridized carbons (Fsp3) is 0.552. The quantitative estimate of drug-likeness (QED) is 0.563. The zero-order chi connectivity index (χ0) is 25.2. The largest absolute Gasteiger partial charge is 0.508 e. The van der Waals surface area contributed by atoms with E-state index in [-0.39, 0.29) is 29.2 Å². The van der Waals surface area contributed by atoms with Crippen LogP contribution in [-0.2, 0) is 23.2 Å². The lowest BCUT2D eigenvalue weighted by Crippen LogP contribution is -2.56. The zero-order valence-electron chi connectivity index (χ0n) is 21.8. The maximum Gasteiger partial charge on any atom is 0.237 e. The van der Waals surface area contributed by atoms with Crippen molar-refractivity contribution in [2.24, 2.45) is 11.8 Å². The van der Waals surface area contributed by atoms with E-state index in [0.29, 0.717) is 24.8 Å². The molecule has 0 aliphatic carbocycles. The van der Waals surface area contributed by atoms with Crippen LogP contribution in [-0.4, -0.2) is 54.7 Å². The Kier molecular flexibility index (Phi) is 7.72. The van der Waals surface area contributed by atoms with Gasteiger partial charge in [0.05, 0.1) is 13.2 Å². The number of phenolic OH excluding ortho intramolecular Hbond substituents is 1. The highest BCUT2D eigenvalue weighted by Crippen LogP contribution is 2.40. The standard InChI is InChI=1S/C29H41N3O3/c1-19(2)27(31-28(34)26-14-21-9-10-24(33)13-22(21)16-30-26)18-32-12-11-29(4,20(3)17-32)23-7-6-8-25(15-23)35-5/h6-10,13,15,19-20,26-27,30,33H,11-12,14,16-18H2,1-5H3,(H,31,34)/t20-,26+,27+,29-/m0/s1. The third-order valence-corrected chi connectivity index (χ3v) is 8.35. The number of piperidine rings is 1. The number of carbonyl (C=O) groups excluding carboxylic acids is 1. The SMILES string of the molecule is COc1cccc([C@@]2(C)CCN(C[C@@H](NC(=O)[C@H]3Cc4ccc(O)cc4CN3)C(C)C)C[C@@H]2C)c1. The molecule has 35 heavy (non-hydrogen) atoms. The van der Waals surface area contributed by atoms with E-state index in [9.17, 15) is 9.90 Å². The van der Waals surface area contributed by atoms with Crippen LogP contribution in [0.3, 0.4) is 0 Å². The van der Waals surface area contributed by atoms with Crippen LogP contribution >= 0.6 is 0 Å². The van der Waals surface area contributed by atoms with Crippen molar-refractivity contribution in [3.05, 3.63) is 59.2 Å². The third-order valence-electron chi connectivity index (χ3n) is 8.35. The van der Waals surface area contributed by atoms with Crippen molar-refractivity contribution in [2.75, 3.05) is 26.7 Å². The number of likely N-dealkylation sites (tertiary alicyclic amines) is 1. The first-order valence-electron chi connectivity index (χ1n) is 12.9. The summed E-state index contributed by atoms with van der Waals surface area (Å²) in [6, 6.07) is 13.8. The summed E-state index contributed by atoms with van der Waals surface area (Å²) in [4.78, 5) is 15.7. The maximum atomic E-state index is 13.2. The van der Waals surface area contributed by atoms with Gasteiger partial charge in [0.15, 0.2) is 0 Å². The fourth-order valence-electron chi connectivity index (χ4n) is 5.56. The van der Waals surface area contributed by atoms with E-state index < -0.39 is 0 Å². The Morgan fingerprint density at radius 2 is 2.06 bits per heavy atom. The molecule has 0 bridgehead atoms. The molecule has 4 atom stereocenters. The van der Waals surface area contributed by atoms with E-state index in [1.807, 2.05) is 12.1 Å². The molecule has 2 aliphatic heterocycles. The van der Waals surface area contributed by atoms with Crippen LogP contribution in [0.25, 0.3) is 0 Å². The number of nitrogens with zero attached hydrogens (tertiary/aromatic N) is 1. The molecule has 2 heterocycles. The molecule has 2 aromatic carbocycles. The van der Waals surface area contributed by atoms with Gasteiger partial charge in [-0.15, -0.1) is 0 Å². The van der Waals surface area contributed by atoms with E-state index in [0.717, 1.165) is 42.9 Å². The summed E-state index contributed by atoms with van der Waals surface area (Å²) in [6.45, 7) is 12.6. The third kappa shape index (κ3) is 5.65. The van der Waals surface area contributed by atoms with Crippen LogP contribution in [0.2, 0.25) is 0 Å². The molecule has 0 unspecified atom stereocenters. The van der Waals surface area contributed by atoms with E-state index >= 15 is 0 Å². The van der Waals surface area contributed by atoms with Crippen molar-refractivity contribution in [1.29, 1.82) is 0 Å². The Morgan fingerprint density at radius 3 is 2.77 bits per heavy atom. The second kappa shape index (κ2) is 10.6. The molecular weight excluding hydrogens is 438 g/mol. The molecule has 1 fully saturated rings. The van der Waals surface area contributed by atoms with Crippen LogP contribution in [0.4, 0.5) is 0 Å². The number of benzene rings is 2. The van der Waals surface area contributed by atoms with Gasteiger partial charge in [0.2, 0.25) is 5.91 Å². The molecule has 2 aromatic rings. The molecular formula is C29H41N3O3. The number of hydrogen-bond donors (Lipinski definition) is 3. The van der Waals surface area contributed by atoms with Gasteiger partial charge in [-0.2, -0.15) is 0 Å². The summed E-state index contributed by atoms with van der Waals surface area (Å²) < 4.78 is 5.47. The maximum absolute atomic E-state index is 13.2. The van der Waals surface area contributed by atoms with Gasteiger partial charge in [-0.05, 0) is 77.6 Å². The van der Waals surface area contributed by atoms with Gasteiger partial charge in [-0.1, -0.05) is 45.9 Å². The molecule has 2 aliphatic rings. The topological polar surface area (TPSA) is 73.8 Å². The molecule has 0 aromatic heterocycles. The number of nitrogens with one attached hydrogen (secondary N) is 2. The van der Waals surface area contributed by atoms with Gasteiger partial charge >= 0.3 is 0 Å². The van der Waals surface area contributed by atoms with Crippen LogP contribution in [0.5, 0.6) is 11.5 Å². The lowest BCUT2D eigenvalue weighted by atomic mass is 9.68. The Labute approximate surface area is 210 Å². The normalized spacial score (nSPS) is 25.7. The predicted molar refractivity (Wildman–Crippen MR) is 140 cm³/mol. The number of aromatic hydroxyl groups is 1. The van der Waals surface area contributed by atoms with Gasteiger partial charge in [0.1, 0.15) is 11.5 Å². The minimum Gasteiger partial charge on any atom is -0.508 e. The van der Waals surface area contributed by atoms with Crippen LogP contribution in [0.1, 0.15) is 50.8 Å². The molecule has 190 valence electrons. The molecule has 0 spiro atoms. The summed E-state index contributed by atoms with van der Waals surface area (Å²) in [5.41, 5.74) is 3.64. The van der Waals surface area contributed by atoms with Crippen molar-refractivity contribution in [3.8, 4) is 11.5 Å². The summed E-state index contributed by atoms with van der Waals surface area (Å²) in [6.07, 6.45) is 1.72. The second-order valence-electron chi connectivity index (χ2n) is 11.0. The molecule has 4 rings (SSSR count). The lowest BCUT2D eigenvalue weighted by Gasteiger charge is -2.46. The van der Waals surface area contributed by atoms with Crippen LogP contribution in [0, 0.1) is 11.8 Å². The summed E-state index contributed by atoms with van der Waals surface area (Å²) in [5, 5.41) is 16.4. The average Bonchev–Trinajstić information content (AvgIpc) is 2.85. The number of carbonyl (C=O) groups is 1. The monoisotopic (exact) mass is 479 g/mol. The van der Waals surface area contributed by atoms with Gasteiger partial charge < -0.3 is 25.4 Å².